The molecular formula is C17H21NO4. The highest BCUT2D eigenvalue weighted by Crippen LogP contribution is 2.28. The van der Waals surface area contributed by atoms with Crippen molar-refractivity contribution in [2.75, 3.05) is 13.1 Å². The van der Waals surface area contributed by atoms with Crippen LogP contribution in [-0.4, -0.2) is 35.3 Å². The second-order valence-corrected chi connectivity index (χ2v) is 6.13. The second kappa shape index (κ2) is 5.74. The van der Waals surface area contributed by atoms with Crippen molar-refractivity contribution < 1.29 is 14.3 Å². The molecule has 0 bridgehead atoms. The fourth-order valence-corrected chi connectivity index (χ4v) is 3.20. The number of phenols is 1. The number of nitrogens with zero attached hydrogens (tertiary/aromatic N) is 1. The van der Waals surface area contributed by atoms with E-state index in [1.807, 2.05) is 6.07 Å². The highest BCUT2D eigenvalue weighted by Gasteiger charge is 2.23. The number of hydrogen-bond donors (Lipinski definition) is 1. The molecule has 0 spiro atoms. The summed E-state index contributed by atoms with van der Waals surface area (Å²) in [6.07, 6.45) is 0.363. The topological polar surface area (TPSA) is 62.9 Å². The van der Waals surface area contributed by atoms with E-state index in [0.717, 1.165) is 24.0 Å². The standard InChI is InChI=1S/C17H21NO4/c1-10-7-18(8-11(2)21-10)9-13-6-16(20)22-17-12(3)15(19)5-4-14(13)17/h4-6,10-11,19H,7-9H2,1-3H3/t10-,11-/m1/s1. The summed E-state index contributed by atoms with van der Waals surface area (Å²) >= 11 is 0. The Morgan fingerprint density at radius 3 is 2.64 bits per heavy atom. The van der Waals surface area contributed by atoms with Gasteiger partial charge in [0.2, 0.25) is 0 Å². The lowest BCUT2D eigenvalue weighted by Crippen LogP contribution is -2.44. The van der Waals surface area contributed by atoms with Gasteiger partial charge in [-0.3, -0.25) is 4.90 Å². The van der Waals surface area contributed by atoms with Gasteiger partial charge in [-0.05, 0) is 38.5 Å². The van der Waals surface area contributed by atoms with Crippen molar-refractivity contribution in [1.82, 2.24) is 4.90 Å². The second-order valence-electron chi connectivity index (χ2n) is 6.13. The number of aryl methyl sites for hydroxylation is 1. The fourth-order valence-electron chi connectivity index (χ4n) is 3.20. The number of phenolic OH excluding ortho intramolecular Hbond substituents is 1. The van der Waals surface area contributed by atoms with Crippen LogP contribution in [0.5, 0.6) is 5.75 Å². The van der Waals surface area contributed by atoms with Crippen LogP contribution < -0.4 is 5.63 Å². The van der Waals surface area contributed by atoms with Gasteiger partial charge in [-0.15, -0.1) is 0 Å². The van der Waals surface area contributed by atoms with Crippen LogP contribution in [0.4, 0.5) is 0 Å². The Labute approximate surface area is 129 Å². The Kier molecular flexibility index (Phi) is 3.93. The third kappa shape index (κ3) is 2.87. The van der Waals surface area contributed by atoms with Crippen LogP contribution in [0.3, 0.4) is 0 Å². The molecule has 0 unspecified atom stereocenters. The molecule has 2 aromatic rings. The van der Waals surface area contributed by atoms with E-state index in [1.54, 1.807) is 19.1 Å². The van der Waals surface area contributed by atoms with Gasteiger partial charge >= 0.3 is 5.63 Å². The predicted octanol–water partition coefficient (Wildman–Crippen LogP) is 2.42. The van der Waals surface area contributed by atoms with Gasteiger partial charge in [0.1, 0.15) is 11.3 Å². The van der Waals surface area contributed by atoms with Gasteiger partial charge in [0.05, 0.1) is 12.2 Å². The number of rotatable bonds is 2. The van der Waals surface area contributed by atoms with Crippen LogP contribution in [-0.2, 0) is 11.3 Å². The Bertz CT molecular complexity index is 742. The molecule has 3 rings (SSSR count). The van der Waals surface area contributed by atoms with Crippen molar-refractivity contribution in [2.24, 2.45) is 0 Å². The van der Waals surface area contributed by atoms with Crippen LogP contribution in [0, 0.1) is 6.92 Å². The summed E-state index contributed by atoms with van der Waals surface area (Å²) in [6.45, 7) is 8.21. The molecule has 0 aliphatic carbocycles. The summed E-state index contributed by atoms with van der Waals surface area (Å²) < 4.78 is 11.0. The van der Waals surface area contributed by atoms with Gasteiger partial charge in [-0.2, -0.15) is 0 Å². The molecule has 2 heterocycles. The molecule has 1 saturated heterocycles. The van der Waals surface area contributed by atoms with Gasteiger partial charge in [0.25, 0.3) is 0 Å². The Balaban J connectivity index is 2.00. The van der Waals surface area contributed by atoms with E-state index in [4.69, 9.17) is 9.15 Å². The Morgan fingerprint density at radius 2 is 1.95 bits per heavy atom. The highest BCUT2D eigenvalue weighted by atomic mass is 16.5. The lowest BCUT2D eigenvalue weighted by molar-refractivity contribution is -0.0704. The van der Waals surface area contributed by atoms with E-state index in [0.29, 0.717) is 17.7 Å². The van der Waals surface area contributed by atoms with Crippen LogP contribution in [0.15, 0.2) is 27.4 Å². The number of morpholine rings is 1. The smallest absolute Gasteiger partial charge is 0.336 e. The van der Waals surface area contributed by atoms with Crippen LogP contribution in [0.2, 0.25) is 0 Å². The highest BCUT2D eigenvalue weighted by molar-refractivity contribution is 5.84. The van der Waals surface area contributed by atoms with E-state index in [9.17, 15) is 9.90 Å². The van der Waals surface area contributed by atoms with Crippen molar-refractivity contribution >= 4 is 11.0 Å². The molecule has 5 nitrogen and oxygen atoms in total. The van der Waals surface area contributed by atoms with Crippen LogP contribution in [0.1, 0.15) is 25.0 Å². The maximum Gasteiger partial charge on any atom is 0.336 e. The van der Waals surface area contributed by atoms with Gasteiger partial charge in [0.15, 0.2) is 0 Å². The normalized spacial score (nSPS) is 23.0. The van der Waals surface area contributed by atoms with Crippen molar-refractivity contribution in [1.29, 1.82) is 0 Å². The van der Waals surface area contributed by atoms with Crippen molar-refractivity contribution in [3.05, 3.63) is 39.7 Å². The number of hydrogen-bond acceptors (Lipinski definition) is 5. The zero-order valence-electron chi connectivity index (χ0n) is 13.1. The molecule has 1 N–H and O–H groups in total. The molecule has 1 aliphatic rings. The van der Waals surface area contributed by atoms with Crippen molar-refractivity contribution in [3.8, 4) is 5.75 Å². The first-order valence-corrected chi connectivity index (χ1v) is 7.57. The number of ether oxygens (including phenoxy) is 1. The molecule has 0 amide bonds. The van der Waals surface area contributed by atoms with E-state index in [-0.39, 0.29) is 23.6 Å². The first-order chi connectivity index (χ1) is 10.4. The zero-order chi connectivity index (χ0) is 15.9. The Hall–Kier alpha value is -1.85. The van der Waals surface area contributed by atoms with Gasteiger partial charge < -0.3 is 14.3 Å². The monoisotopic (exact) mass is 303 g/mol. The quantitative estimate of drug-likeness (QED) is 0.863. The molecule has 1 fully saturated rings. The molecule has 1 aliphatic heterocycles. The van der Waals surface area contributed by atoms with Crippen LogP contribution in [0.25, 0.3) is 11.0 Å². The summed E-state index contributed by atoms with van der Waals surface area (Å²) in [5.41, 5.74) is 1.61. The van der Waals surface area contributed by atoms with Gasteiger partial charge in [-0.1, -0.05) is 0 Å². The minimum absolute atomic E-state index is 0.140. The lowest BCUT2D eigenvalue weighted by atomic mass is 10.1. The molecule has 118 valence electrons. The molecule has 0 radical (unpaired) electrons. The lowest BCUT2D eigenvalue weighted by Gasteiger charge is -2.35. The summed E-state index contributed by atoms with van der Waals surface area (Å²) in [5.74, 6) is 0.140. The maximum atomic E-state index is 11.8. The van der Waals surface area contributed by atoms with E-state index >= 15 is 0 Å². The summed E-state index contributed by atoms with van der Waals surface area (Å²) in [5, 5.41) is 10.7. The van der Waals surface area contributed by atoms with Gasteiger partial charge in [0, 0.05) is 36.7 Å². The van der Waals surface area contributed by atoms with E-state index in [1.165, 1.54) is 0 Å². The molecule has 22 heavy (non-hydrogen) atoms. The summed E-state index contributed by atoms with van der Waals surface area (Å²) in [7, 11) is 0. The molecule has 1 aromatic carbocycles. The fraction of sp³-hybridized carbons (Fsp3) is 0.471. The molecule has 1 aromatic heterocycles. The maximum absolute atomic E-state index is 11.8. The minimum Gasteiger partial charge on any atom is -0.508 e. The van der Waals surface area contributed by atoms with Gasteiger partial charge in [-0.25, -0.2) is 4.79 Å². The summed E-state index contributed by atoms with van der Waals surface area (Å²) in [4.78, 5) is 14.1. The van der Waals surface area contributed by atoms with Crippen molar-refractivity contribution in [3.63, 3.8) is 0 Å². The average Bonchev–Trinajstić information content (AvgIpc) is 2.42. The molecular weight excluding hydrogens is 282 g/mol. The first kappa shape index (κ1) is 15.1. The van der Waals surface area contributed by atoms with Crippen molar-refractivity contribution in [2.45, 2.75) is 39.5 Å². The number of benzene rings is 1. The third-order valence-corrected chi connectivity index (χ3v) is 4.11. The Morgan fingerprint density at radius 1 is 1.27 bits per heavy atom. The molecule has 0 saturated carbocycles. The third-order valence-electron chi connectivity index (χ3n) is 4.11. The zero-order valence-corrected chi connectivity index (χ0v) is 13.1. The first-order valence-electron chi connectivity index (χ1n) is 7.57. The van der Waals surface area contributed by atoms with E-state index < -0.39 is 0 Å². The average molecular weight is 303 g/mol. The SMILES string of the molecule is Cc1c(O)ccc2c(CN3C[C@@H](C)O[C@H](C)C3)cc(=O)oc12. The molecule has 2 atom stereocenters. The largest absolute Gasteiger partial charge is 0.508 e. The number of aromatic hydroxyl groups is 1. The van der Waals surface area contributed by atoms with Crippen LogP contribution >= 0.6 is 0 Å². The van der Waals surface area contributed by atoms with E-state index in [2.05, 4.69) is 18.7 Å². The predicted molar refractivity (Wildman–Crippen MR) is 84.2 cm³/mol. The molecule has 5 heteroatoms. The minimum atomic E-state index is -0.384. The number of fused-ring (bicyclic) bond motifs is 1. The summed E-state index contributed by atoms with van der Waals surface area (Å²) in [6, 6.07) is 5.00.